The van der Waals surface area contributed by atoms with E-state index in [1.165, 1.54) is 0 Å². The van der Waals surface area contributed by atoms with Crippen LogP contribution >= 0.6 is 0 Å². The molecule has 1 aliphatic heterocycles. The van der Waals surface area contributed by atoms with Crippen LogP contribution in [0.25, 0.3) is 0 Å². The molecule has 0 spiro atoms. The van der Waals surface area contributed by atoms with Gasteiger partial charge in [0.05, 0.1) is 32.0 Å². The number of amides is 1. The predicted octanol–water partition coefficient (Wildman–Crippen LogP) is 1.75. The Morgan fingerprint density at radius 1 is 1.32 bits per heavy atom. The summed E-state index contributed by atoms with van der Waals surface area (Å²) in [6.07, 6.45) is 3.51. The van der Waals surface area contributed by atoms with Crippen LogP contribution in [-0.4, -0.2) is 61.9 Å². The molecule has 0 aliphatic carbocycles. The molecular weight excluding hydrogens is 284 g/mol. The number of carbonyl (C=O) groups excluding carboxylic acids is 1. The molecule has 1 aliphatic rings. The number of hydrogen-bond acceptors (Lipinski definition) is 5. The first-order chi connectivity index (χ1) is 10.7. The number of carbonyl (C=O) groups is 1. The van der Waals surface area contributed by atoms with Crippen molar-refractivity contribution in [3.05, 3.63) is 23.9 Å². The van der Waals surface area contributed by atoms with Gasteiger partial charge in [0.15, 0.2) is 0 Å². The van der Waals surface area contributed by atoms with E-state index < -0.39 is 0 Å². The van der Waals surface area contributed by atoms with Crippen LogP contribution in [0.3, 0.4) is 0 Å². The van der Waals surface area contributed by atoms with E-state index in [2.05, 4.69) is 4.98 Å². The van der Waals surface area contributed by atoms with Gasteiger partial charge in [0, 0.05) is 32.0 Å². The van der Waals surface area contributed by atoms with Crippen LogP contribution in [0.15, 0.2) is 18.3 Å². The fraction of sp³-hybridized carbons (Fsp3) is 0.625. The Kier molecular flexibility index (Phi) is 6.61. The molecule has 0 radical (unpaired) electrons. The van der Waals surface area contributed by atoms with E-state index in [-0.39, 0.29) is 12.0 Å². The molecule has 1 aromatic heterocycles. The molecule has 0 aromatic carbocycles. The standard InChI is InChI=1S/C16H24N2O4/c1-3-21-10-11-22-14-6-8-18(9-7-14)16(19)13-4-5-15(20-2)17-12-13/h4-5,12,14H,3,6-11H2,1-2H3. The SMILES string of the molecule is CCOCCOC1CCN(C(=O)c2ccc(OC)nc2)CC1. The minimum Gasteiger partial charge on any atom is -0.481 e. The smallest absolute Gasteiger partial charge is 0.255 e. The van der Waals surface area contributed by atoms with Crippen LogP contribution < -0.4 is 4.74 Å². The first-order valence-corrected chi connectivity index (χ1v) is 7.73. The summed E-state index contributed by atoms with van der Waals surface area (Å²) in [4.78, 5) is 18.3. The van der Waals surface area contributed by atoms with E-state index in [0.29, 0.717) is 44.4 Å². The second-order valence-corrected chi connectivity index (χ2v) is 5.15. The Hall–Kier alpha value is -1.66. The zero-order valence-electron chi connectivity index (χ0n) is 13.3. The molecule has 0 N–H and O–H groups in total. The second kappa shape index (κ2) is 8.70. The zero-order valence-corrected chi connectivity index (χ0v) is 13.3. The summed E-state index contributed by atoms with van der Waals surface area (Å²) in [5.74, 6) is 0.529. The van der Waals surface area contributed by atoms with Gasteiger partial charge in [0.25, 0.3) is 5.91 Å². The van der Waals surface area contributed by atoms with Gasteiger partial charge in [-0.05, 0) is 25.8 Å². The number of piperidine rings is 1. The Balaban J connectivity index is 1.76. The topological polar surface area (TPSA) is 60.9 Å². The average Bonchev–Trinajstić information content (AvgIpc) is 2.59. The lowest BCUT2D eigenvalue weighted by atomic mass is 10.1. The van der Waals surface area contributed by atoms with Crippen molar-refractivity contribution < 1.29 is 19.0 Å². The summed E-state index contributed by atoms with van der Waals surface area (Å²) in [6, 6.07) is 3.45. The van der Waals surface area contributed by atoms with Crippen LogP contribution in [-0.2, 0) is 9.47 Å². The number of likely N-dealkylation sites (tertiary alicyclic amines) is 1. The minimum absolute atomic E-state index is 0.0166. The molecule has 6 nitrogen and oxygen atoms in total. The van der Waals surface area contributed by atoms with Crippen molar-refractivity contribution in [2.45, 2.75) is 25.9 Å². The van der Waals surface area contributed by atoms with Crippen LogP contribution in [0.2, 0.25) is 0 Å². The van der Waals surface area contributed by atoms with Crippen LogP contribution in [0.5, 0.6) is 5.88 Å². The van der Waals surface area contributed by atoms with Gasteiger partial charge in [-0.2, -0.15) is 0 Å². The molecule has 1 fully saturated rings. The van der Waals surface area contributed by atoms with Crippen molar-refractivity contribution >= 4 is 5.91 Å². The third-order valence-corrected chi connectivity index (χ3v) is 3.71. The summed E-state index contributed by atoms with van der Waals surface area (Å²) in [6.45, 7) is 5.36. The van der Waals surface area contributed by atoms with E-state index in [0.717, 1.165) is 12.8 Å². The van der Waals surface area contributed by atoms with E-state index in [9.17, 15) is 4.79 Å². The lowest BCUT2D eigenvalue weighted by Crippen LogP contribution is -2.41. The summed E-state index contributed by atoms with van der Waals surface area (Å²) >= 11 is 0. The minimum atomic E-state index is 0.0166. The normalized spacial score (nSPS) is 15.8. The molecule has 0 bridgehead atoms. The molecule has 0 atom stereocenters. The maximum Gasteiger partial charge on any atom is 0.255 e. The summed E-state index contributed by atoms with van der Waals surface area (Å²) in [7, 11) is 1.56. The number of nitrogens with zero attached hydrogens (tertiary/aromatic N) is 2. The quantitative estimate of drug-likeness (QED) is 0.718. The highest BCUT2D eigenvalue weighted by Crippen LogP contribution is 2.17. The van der Waals surface area contributed by atoms with Gasteiger partial charge >= 0.3 is 0 Å². The van der Waals surface area contributed by atoms with Crippen molar-refractivity contribution in [2.24, 2.45) is 0 Å². The molecule has 1 aromatic rings. The maximum absolute atomic E-state index is 12.4. The van der Waals surface area contributed by atoms with Gasteiger partial charge < -0.3 is 19.1 Å². The Morgan fingerprint density at radius 2 is 2.09 bits per heavy atom. The third-order valence-electron chi connectivity index (χ3n) is 3.71. The second-order valence-electron chi connectivity index (χ2n) is 5.15. The zero-order chi connectivity index (χ0) is 15.8. The van der Waals surface area contributed by atoms with Gasteiger partial charge in [0.1, 0.15) is 0 Å². The molecule has 0 unspecified atom stereocenters. The largest absolute Gasteiger partial charge is 0.481 e. The molecule has 1 amide bonds. The Labute approximate surface area is 131 Å². The summed E-state index contributed by atoms with van der Waals surface area (Å²) in [5, 5.41) is 0. The van der Waals surface area contributed by atoms with Gasteiger partial charge in [0.2, 0.25) is 5.88 Å². The van der Waals surface area contributed by atoms with Crippen LogP contribution in [0.1, 0.15) is 30.1 Å². The van der Waals surface area contributed by atoms with E-state index >= 15 is 0 Å². The molecule has 22 heavy (non-hydrogen) atoms. The number of hydrogen-bond donors (Lipinski definition) is 0. The first-order valence-electron chi connectivity index (χ1n) is 7.73. The predicted molar refractivity (Wildman–Crippen MR) is 82.2 cm³/mol. The van der Waals surface area contributed by atoms with Gasteiger partial charge in [-0.25, -0.2) is 4.98 Å². The van der Waals surface area contributed by atoms with Crippen molar-refractivity contribution in [3.63, 3.8) is 0 Å². The molecule has 2 heterocycles. The summed E-state index contributed by atoms with van der Waals surface area (Å²) < 4.78 is 16.0. The maximum atomic E-state index is 12.4. The highest BCUT2D eigenvalue weighted by molar-refractivity contribution is 5.94. The number of aromatic nitrogens is 1. The fourth-order valence-electron chi connectivity index (χ4n) is 2.45. The molecule has 122 valence electrons. The van der Waals surface area contributed by atoms with Crippen molar-refractivity contribution in [1.29, 1.82) is 0 Å². The fourth-order valence-corrected chi connectivity index (χ4v) is 2.45. The number of ether oxygens (including phenoxy) is 3. The van der Waals surface area contributed by atoms with Crippen LogP contribution in [0.4, 0.5) is 0 Å². The highest BCUT2D eigenvalue weighted by Gasteiger charge is 2.24. The van der Waals surface area contributed by atoms with Gasteiger partial charge in [-0.15, -0.1) is 0 Å². The van der Waals surface area contributed by atoms with Crippen molar-refractivity contribution in [2.75, 3.05) is 40.0 Å². The number of pyridine rings is 1. The molecule has 1 saturated heterocycles. The third kappa shape index (κ3) is 4.68. The Bertz CT molecular complexity index is 456. The molecular formula is C16H24N2O4. The summed E-state index contributed by atoms with van der Waals surface area (Å²) in [5.41, 5.74) is 0.594. The lowest BCUT2D eigenvalue weighted by Gasteiger charge is -2.32. The first kappa shape index (κ1) is 16.7. The molecule has 2 rings (SSSR count). The van der Waals surface area contributed by atoms with Gasteiger partial charge in [-0.3, -0.25) is 4.79 Å². The number of rotatable bonds is 7. The van der Waals surface area contributed by atoms with Gasteiger partial charge in [-0.1, -0.05) is 0 Å². The van der Waals surface area contributed by atoms with Crippen molar-refractivity contribution in [3.8, 4) is 5.88 Å². The lowest BCUT2D eigenvalue weighted by molar-refractivity contribution is -0.0182. The number of methoxy groups -OCH3 is 1. The Morgan fingerprint density at radius 3 is 2.68 bits per heavy atom. The molecule has 6 heteroatoms. The highest BCUT2D eigenvalue weighted by atomic mass is 16.5. The van der Waals surface area contributed by atoms with E-state index in [1.807, 2.05) is 11.8 Å². The van der Waals surface area contributed by atoms with E-state index in [4.69, 9.17) is 14.2 Å². The van der Waals surface area contributed by atoms with Crippen LogP contribution in [0, 0.1) is 0 Å². The van der Waals surface area contributed by atoms with Crippen molar-refractivity contribution in [1.82, 2.24) is 9.88 Å². The monoisotopic (exact) mass is 308 g/mol. The average molecular weight is 308 g/mol. The molecule has 0 saturated carbocycles. The van der Waals surface area contributed by atoms with E-state index in [1.54, 1.807) is 25.4 Å².